The first-order valence-electron chi connectivity index (χ1n) is 37.1. The number of carbonyl (C=O) groups excluding carboxylic acids is 13. The standard InChI is InChI=1S/C70H110N22O16S/c71-61(102)52(87-55(95)15-5-2-7-24-81-63(104)49(34-45-18-20-46(93)21-19-45)85-56(96)16-9-17-57(97)91-70-42-78-28-26-75-39-69(74,41-77-30-31-84-70)40-76-27-29-79-43-70)38-109-53-36-59(99)92(67(53)108)32-22-54(94)80-23-8-6-13-48-64(105)88-47(14-10-25-82-68(72)73)62(103)83-37-58(98)86-51(35-60(100)101)66(107)90-50(65(106)89-48)33-44-11-3-1-4-12-44/h1,3-4,11-12,18-21,47-53,75-79,84,93H,2,5-10,13-17,22-43,74H2,(H2,71,102)(H,80,94)(H,81,104)(H,83,103)(H,85,96)(H,86,98)(H,87,95)(H,88,105)(H,89,106)(H,90,107)(H,91,97)(H,100,101)(H4,72,73,82)/t47-,48?,49?,50?,51?,52?,53?,69-,70+/m0/s1. The lowest BCUT2D eigenvalue weighted by molar-refractivity contribution is -0.141. The van der Waals surface area contributed by atoms with Crippen LogP contribution in [0.25, 0.3) is 0 Å². The van der Waals surface area contributed by atoms with E-state index in [0.29, 0.717) is 102 Å². The number of phenolic OH excluding ortho intramolecular Hbond substituents is 1. The maximum Gasteiger partial charge on any atom is 0.305 e. The van der Waals surface area contributed by atoms with Crippen LogP contribution < -0.4 is 108 Å². The number of nitrogens with zero attached hydrogens (tertiary/aromatic N) is 1. The van der Waals surface area contributed by atoms with Crippen LogP contribution in [0.15, 0.2) is 54.6 Å². The molecule has 38 nitrogen and oxygen atoms in total. The van der Waals surface area contributed by atoms with Crippen molar-refractivity contribution in [3.8, 4) is 5.75 Å². The molecule has 4 fully saturated rings. The van der Waals surface area contributed by atoms with E-state index in [1.54, 1.807) is 42.5 Å². The molecule has 0 saturated carbocycles. The van der Waals surface area contributed by atoms with Crippen LogP contribution >= 0.6 is 11.8 Å². The van der Waals surface area contributed by atoms with Gasteiger partial charge in [-0.2, -0.15) is 0 Å². The largest absolute Gasteiger partial charge is 0.508 e. The Kier molecular flexibility index (Phi) is 37.8. The number of nitrogens with one attached hydrogen (secondary N) is 18. The van der Waals surface area contributed by atoms with Crippen molar-refractivity contribution in [1.82, 2.24) is 95.3 Å². The molecule has 6 unspecified atom stereocenters. The first-order chi connectivity index (χ1) is 52.2. The topological polar surface area (TPSA) is 589 Å². The molecule has 0 aromatic heterocycles. The minimum Gasteiger partial charge on any atom is -0.508 e. The van der Waals surface area contributed by atoms with Crippen molar-refractivity contribution >= 4 is 100 Å². The number of hydrogen-bond acceptors (Lipinski definition) is 24. The summed E-state index contributed by atoms with van der Waals surface area (Å²) in [5, 5.41) is 76.0. The minimum atomic E-state index is -1.68. The molecule has 2 aromatic rings. The van der Waals surface area contributed by atoms with Gasteiger partial charge < -0.3 is 112 Å². The number of aliphatic carboxylic acids is 1. The second kappa shape index (κ2) is 46.7. The van der Waals surface area contributed by atoms with Gasteiger partial charge in [0.2, 0.25) is 76.8 Å². The molecule has 6 rings (SSSR count). The van der Waals surface area contributed by atoms with Gasteiger partial charge >= 0.3 is 5.97 Å². The number of carbonyl (C=O) groups is 14. The molecule has 2 aromatic carbocycles. The van der Waals surface area contributed by atoms with Gasteiger partial charge in [-0.1, -0.05) is 48.9 Å². The number of rotatable bonds is 36. The number of amides is 13. The van der Waals surface area contributed by atoms with Crippen LogP contribution in [-0.4, -0.2) is 267 Å². The van der Waals surface area contributed by atoms with Crippen molar-refractivity contribution in [2.45, 2.75) is 162 Å². The number of unbranched alkanes of at least 4 members (excludes halogenated alkanes) is 3. The molecule has 602 valence electrons. The SMILES string of the molecule is N=C(N)NCCC[C@@H]1NC(=O)C(CCCCNC(=O)CCN2C(=O)CC(SCC(NC(=O)CCCCCNC(=O)C(Cc3ccc(O)cc3)NC(=O)CCCC(=O)N[C@]34CNCCNC[C@](N)(CNCCNC3)CNCCN4)C(N)=O)C2=O)NC(=O)C(Cc2ccccc2)NC(=O)C(CC(=O)O)NC(=O)CNC1=O. The number of hydrogen-bond donors (Lipinski definition) is 23. The third-order valence-corrected chi connectivity index (χ3v) is 19.7. The first kappa shape index (κ1) is 88.3. The van der Waals surface area contributed by atoms with E-state index in [-0.39, 0.29) is 133 Å². The number of aromatic hydroxyl groups is 1. The number of nitrogens with two attached hydrogens (primary N) is 3. The zero-order chi connectivity index (χ0) is 79.1. The number of likely N-dealkylation sites (tertiary alicyclic amines) is 1. The van der Waals surface area contributed by atoms with Gasteiger partial charge in [-0.25, -0.2) is 0 Å². The van der Waals surface area contributed by atoms with E-state index in [1.807, 2.05) is 0 Å². The van der Waals surface area contributed by atoms with E-state index < -0.39 is 143 Å². The van der Waals surface area contributed by atoms with Gasteiger partial charge in [0, 0.05) is 149 Å². The van der Waals surface area contributed by atoms with Crippen molar-refractivity contribution in [3.63, 3.8) is 0 Å². The zero-order valence-electron chi connectivity index (χ0n) is 61.5. The number of imide groups is 1. The van der Waals surface area contributed by atoms with Gasteiger partial charge in [0.1, 0.15) is 47.7 Å². The quantitative estimate of drug-likeness (QED) is 0.0130. The Hall–Kier alpha value is -9.64. The fraction of sp³-hybridized carbons (Fsp3) is 0.614. The van der Waals surface area contributed by atoms with Crippen molar-refractivity contribution < 1.29 is 77.3 Å². The summed E-state index contributed by atoms with van der Waals surface area (Å²) in [4.78, 5) is 187. The Morgan fingerprint density at radius 2 is 1.14 bits per heavy atom. The molecule has 4 heterocycles. The third kappa shape index (κ3) is 33.0. The Morgan fingerprint density at radius 3 is 1.79 bits per heavy atom. The van der Waals surface area contributed by atoms with Crippen LogP contribution in [0.3, 0.4) is 0 Å². The lowest BCUT2D eigenvalue weighted by Crippen LogP contribution is -2.69. The Balaban J connectivity index is 0.919. The summed E-state index contributed by atoms with van der Waals surface area (Å²) in [7, 11) is 0. The molecule has 0 spiro atoms. The van der Waals surface area contributed by atoms with Gasteiger partial charge in [0.25, 0.3) is 0 Å². The third-order valence-electron chi connectivity index (χ3n) is 18.4. The maximum absolute atomic E-state index is 14.2. The van der Waals surface area contributed by atoms with E-state index in [1.165, 1.54) is 12.1 Å². The van der Waals surface area contributed by atoms with Gasteiger partial charge in [-0.05, 0) is 74.6 Å². The molecule has 39 heteroatoms. The van der Waals surface area contributed by atoms with Gasteiger partial charge in [0.05, 0.1) is 23.8 Å². The average Bonchev–Trinajstić information content (AvgIpc) is 1.73. The molecule has 4 aliphatic heterocycles. The predicted molar refractivity (Wildman–Crippen MR) is 402 cm³/mol. The Bertz CT molecular complexity index is 3400. The Labute approximate surface area is 636 Å². The summed E-state index contributed by atoms with van der Waals surface area (Å²) >= 11 is 0.947. The highest BCUT2D eigenvalue weighted by molar-refractivity contribution is 8.00. The zero-order valence-corrected chi connectivity index (χ0v) is 62.3. The van der Waals surface area contributed by atoms with Crippen LogP contribution in [0.5, 0.6) is 5.75 Å². The summed E-state index contributed by atoms with van der Waals surface area (Å²) in [6, 6.07) is 6.74. The first-order valence-corrected chi connectivity index (χ1v) is 38.1. The molecule has 109 heavy (non-hydrogen) atoms. The van der Waals surface area contributed by atoms with Crippen molar-refractivity contribution in [3.05, 3.63) is 65.7 Å². The molecular weight excluding hydrogens is 1440 g/mol. The molecule has 13 amide bonds. The van der Waals surface area contributed by atoms with E-state index in [2.05, 4.69) is 90.4 Å². The predicted octanol–water partition coefficient (Wildman–Crippen LogP) is -7.10. The van der Waals surface area contributed by atoms with E-state index >= 15 is 0 Å². The molecule has 4 saturated heterocycles. The number of guanidine groups is 1. The fourth-order valence-corrected chi connectivity index (χ4v) is 13.6. The number of carboxylic acid groups (broad SMARTS) is 1. The summed E-state index contributed by atoms with van der Waals surface area (Å²) in [6.07, 6.45) is 0.482. The Morgan fingerprint density at radius 1 is 0.578 bits per heavy atom. The average molecular weight is 1550 g/mol. The molecule has 2 bridgehead atoms. The van der Waals surface area contributed by atoms with Crippen LogP contribution in [-0.2, 0) is 80.0 Å². The minimum absolute atomic E-state index is 0.0198. The summed E-state index contributed by atoms with van der Waals surface area (Å²) in [5.41, 5.74) is 17.7. The number of fused-ring (bicyclic) bond motifs is 6. The highest BCUT2D eigenvalue weighted by atomic mass is 32.2. The molecule has 7 atom stereocenters. The number of phenols is 1. The van der Waals surface area contributed by atoms with E-state index in [4.69, 9.17) is 22.6 Å². The molecule has 0 radical (unpaired) electrons. The highest BCUT2D eigenvalue weighted by Crippen LogP contribution is 2.26. The van der Waals surface area contributed by atoms with Gasteiger partial charge in [-0.15, -0.1) is 11.8 Å². The fourth-order valence-electron chi connectivity index (χ4n) is 12.4. The summed E-state index contributed by atoms with van der Waals surface area (Å²) in [6.45, 7) is 5.80. The van der Waals surface area contributed by atoms with Gasteiger partial charge in [-0.3, -0.25) is 82.7 Å². The summed E-state index contributed by atoms with van der Waals surface area (Å²) in [5.74, 6) is -10.6. The number of carboxylic acids is 1. The van der Waals surface area contributed by atoms with Crippen LogP contribution in [0, 0.1) is 5.41 Å². The van der Waals surface area contributed by atoms with Crippen LogP contribution in [0.4, 0.5) is 0 Å². The summed E-state index contributed by atoms with van der Waals surface area (Å²) < 4.78 is 0. The normalized spacial score (nSPS) is 22.7. The molecule has 26 N–H and O–H groups in total. The highest BCUT2D eigenvalue weighted by Gasteiger charge is 2.40. The van der Waals surface area contributed by atoms with E-state index in [0.717, 1.165) is 16.7 Å². The van der Waals surface area contributed by atoms with Gasteiger partial charge in [0.15, 0.2) is 5.96 Å². The second-order valence-electron chi connectivity index (χ2n) is 27.6. The lowest BCUT2D eigenvalue weighted by Gasteiger charge is -2.37. The van der Waals surface area contributed by atoms with Crippen LogP contribution in [0.2, 0.25) is 0 Å². The molecular formula is C70H110N22O16S. The van der Waals surface area contributed by atoms with Crippen molar-refractivity contribution in [1.29, 1.82) is 5.41 Å². The number of benzene rings is 2. The monoisotopic (exact) mass is 1550 g/mol. The maximum atomic E-state index is 14.2. The second-order valence-corrected chi connectivity index (χ2v) is 28.8. The van der Waals surface area contributed by atoms with E-state index in [9.17, 15) is 77.3 Å². The number of primary amides is 1. The molecule has 0 aliphatic carbocycles. The smallest absolute Gasteiger partial charge is 0.305 e. The lowest BCUT2D eigenvalue weighted by atomic mass is 10.0. The van der Waals surface area contributed by atoms with Crippen molar-refractivity contribution in [2.24, 2.45) is 17.2 Å². The number of thioether (sulfide) groups is 1. The molecule has 4 aliphatic rings. The van der Waals surface area contributed by atoms with Crippen LogP contribution in [0.1, 0.15) is 107 Å². The van der Waals surface area contributed by atoms with Crippen molar-refractivity contribution in [2.75, 3.05) is 110 Å².